The van der Waals surface area contributed by atoms with Crippen LogP contribution in [0, 0.1) is 5.92 Å². The molecule has 5 nitrogen and oxygen atoms in total. The van der Waals surface area contributed by atoms with Crippen LogP contribution in [-0.2, 0) is 9.53 Å². The molecule has 2 aliphatic rings. The Morgan fingerprint density at radius 2 is 2.00 bits per heavy atom. The van der Waals surface area contributed by atoms with Crippen LogP contribution in [0.15, 0.2) is 0 Å². The Morgan fingerprint density at radius 3 is 2.57 bits per heavy atom. The molecule has 1 heterocycles. The Kier molecular flexibility index (Phi) is 10.0. The highest BCUT2D eigenvalue weighted by molar-refractivity contribution is 5.85. The first kappa shape index (κ1) is 22.9. The average molecular weight is 370 g/mol. The predicted octanol–water partition coefficient (Wildman–Crippen LogP) is 1.92. The number of ether oxygens (including phenoxy) is 1. The number of rotatable bonds is 4. The van der Waals surface area contributed by atoms with Crippen molar-refractivity contribution < 1.29 is 9.53 Å². The molecule has 7 heteroatoms. The topological polar surface area (TPSA) is 58.8 Å². The fourth-order valence-corrected chi connectivity index (χ4v) is 3.72. The largest absolute Gasteiger partial charge is 0.383 e. The van der Waals surface area contributed by atoms with Crippen molar-refractivity contribution in [1.29, 1.82) is 0 Å². The number of amides is 1. The molecule has 0 aromatic carbocycles. The van der Waals surface area contributed by atoms with Gasteiger partial charge in [0.2, 0.25) is 5.91 Å². The summed E-state index contributed by atoms with van der Waals surface area (Å²) < 4.78 is 5.15. The Balaban J connectivity index is 0.00000242. The maximum Gasteiger partial charge on any atom is 0.227 e. The molecule has 0 radical (unpaired) electrons. The first-order valence-corrected chi connectivity index (χ1v) is 8.26. The molecule has 2 rings (SSSR count). The molecule has 138 valence electrons. The zero-order valence-corrected chi connectivity index (χ0v) is 16.3. The fourth-order valence-electron chi connectivity index (χ4n) is 3.72. The summed E-state index contributed by atoms with van der Waals surface area (Å²) in [4.78, 5) is 17.3. The van der Waals surface area contributed by atoms with Gasteiger partial charge in [0.25, 0.3) is 0 Å². The lowest BCUT2D eigenvalue weighted by molar-refractivity contribution is -0.142. The highest BCUT2D eigenvalue weighted by Crippen LogP contribution is 2.33. The van der Waals surface area contributed by atoms with Gasteiger partial charge in [-0.1, -0.05) is 12.8 Å². The Bertz CT molecular complexity index is 369. The number of methoxy groups -OCH3 is 1. The molecule has 3 unspecified atom stereocenters. The summed E-state index contributed by atoms with van der Waals surface area (Å²) in [6, 6.07) is 0.394. The van der Waals surface area contributed by atoms with Crippen LogP contribution in [0.5, 0.6) is 0 Å². The van der Waals surface area contributed by atoms with E-state index < -0.39 is 0 Å². The third-order valence-corrected chi connectivity index (χ3v) is 5.21. The summed E-state index contributed by atoms with van der Waals surface area (Å²) in [6.07, 6.45) is 4.20. The van der Waals surface area contributed by atoms with E-state index in [-0.39, 0.29) is 42.2 Å². The Hall–Kier alpha value is -0.0700. The minimum absolute atomic E-state index is 0. The second kappa shape index (κ2) is 10.0. The highest BCUT2D eigenvalue weighted by Gasteiger charge is 2.41. The Morgan fingerprint density at radius 1 is 1.30 bits per heavy atom. The van der Waals surface area contributed by atoms with Crippen molar-refractivity contribution in [2.75, 3.05) is 39.9 Å². The quantitative estimate of drug-likeness (QED) is 0.822. The van der Waals surface area contributed by atoms with Crippen LogP contribution in [0.2, 0.25) is 0 Å². The number of nitrogens with zero attached hydrogens (tertiary/aromatic N) is 2. The lowest BCUT2D eigenvalue weighted by Crippen LogP contribution is -2.59. The van der Waals surface area contributed by atoms with Gasteiger partial charge >= 0.3 is 0 Å². The molecule has 2 N–H and O–H groups in total. The second-order valence-corrected chi connectivity index (χ2v) is 6.97. The van der Waals surface area contributed by atoms with Gasteiger partial charge in [-0.3, -0.25) is 9.69 Å². The third-order valence-electron chi connectivity index (χ3n) is 5.21. The van der Waals surface area contributed by atoms with E-state index in [1.807, 2.05) is 11.8 Å². The van der Waals surface area contributed by atoms with Gasteiger partial charge in [0, 0.05) is 44.9 Å². The summed E-state index contributed by atoms with van der Waals surface area (Å²) in [7, 11) is 1.73. The van der Waals surface area contributed by atoms with Crippen LogP contribution in [0.1, 0.15) is 39.5 Å². The molecule has 1 aliphatic heterocycles. The lowest BCUT2D eigenvalue weighted by Gasteiger charge is -2.44. The number of carbonyl (C=O) groups excluding carboxylic acids is 1. The zero-order valence-electron chi connectivity index (χ0n) is 14.6. The van der Waals surface area contributed by atoms with Crippen molar-refractivity contribution in [3.63, 3.8) is 0 Å². The van der Waals surface area contributed by atoms with Gasteiger partial charge < -0.3 is 15.4 Å². The molecule has 0 aromatic rings. The monoisotopic (exact) mass is 369 g/mol. The minimum atomic E-state index is -0.328. The minimum Gasteiger partial charge on any atom is -0.383 e. The number of hydrogen-bond donors (Lipinski definition) is 1. The predicted molar refractivity (Wildman–Crippen MR) is 98.5 cm³/mol. The molecule has 0 bridgehead atoms. The third kappa shape index (κ3) is 5.75. The normalized spacial score (nSPS) is 31.9. The van der Waals surface area contributed by atoms with Crippen molar-refractivity contribution in [2.45, 2.75) is 51.1 Å². The number of carbonyl (C=O) groups is 1. The van der Waals surface area contributed by atoms with E-state index in [0.717, 1.165) is 58.5 Å². The van der Waals surface area contributed by atoms with Crippen LogP contribution in [-0.4, -0.2) is 67.2 Å². The van der Waals surface area contributed by atoms with Gasteiger partial charge in [0.05, 0.1) is 12.5 Å². The molecule has 3 atom stereocenters. The second-order valence-electron chi connectivity index (χ2n) is 6.97. The van der Waals surface area contributed by atoms with E-state index in [2.05, 4.69) is 11.8 Å². The van der Waals surface area contributed by atoms with E-state index in [4.69, 9.17) is 10.5 Å². The number of piperazine rings is 1. The summed E-state index contributed by atoms with van der Waals surface area (Å²) in [5, 5.41) is 0. The molecule has 2 fully saturated rings. The SMILES string of the molecule is COCCN1CCN(C(=O)C2CCCCC2(C)N)CC1C.Cl.Cl. The number of halogens is 2. The van der Waals surface area contributed by atoms with E-state index in [1.54, 1.807) is 7.11 Å². The van der Waals surface area contributed by atoms with Crippen LogP contribution < -0.4 is 5.73 Å². The smallest absolute Gasteiger partial charge is 0.227 e. The van der Waals surface area contributed by atoms with Crippen molar-refractivity contribution in [2.24, 2.45) is 11.7 Å². The van der Waals surface area contributed by atoms with E-state index in [1.165, 1.54) is 0 Å². The number of nitrogens with two attached hydrogens (primary N) is 1. The average Bonchev–Trinajstić information content (AvgIpc) is 2.45. The molecular weight excluding hydrogens is 337 g/mol. The molecule has 0 spiro atoms. The number of hydrogen-bond acceptors (Lipinski definition) is 4. The van der Waals surface area contributed by atoms with E-state index in [0.29, 0.717) is 6.04 Å². The van der Waals surface area contributed by atoms with Crippen molar-refractivity contribution in [1.82, 2.24) is 9.80 Å². The van der Waals surface area contributed by atoms with Crippen molar-refractivity contribution in [3.05, 3.63) is 0 Å². The van der Waals surface area contributed by atoms with Crippen molar-refractivity contribution in [3.8, 4) is 0 Å². The molecule has 0 aromatic heterocycles. The fraction of sp³-hybridized carbons (Fsp3) is 0.938. The summed E-state index contributed by atoms with van der Waals surface area (Å²) >= 11 is 0. The summed E-state index contributed by atoms with van der Waals surface area (Å²) in [5.41, 5.74) is 6.06. The molecule has 1 aliphatic carbocycles. The van der Waals surface area contributed by atoms with Crippen LogP contribution >= 0.6 is 24.8 Å². The maximum absolute atomic E-state index is 12.8. The highest BCUT2D eigenvalue weighted by atomic mass is 35.5. The Labute approximate surface area is 153 Å². The zero-order chi connectivity index (χ0) is 15.5. The van der Waals surface area contributed by atoms with E-state index in [9.17, 15) is 4.79 Å². The van der Waals surface area contributed by atoms with Gasteiger partial charge in [-0.25, -0.2) is 0 Å². The summed E-state index contributed by atoms with van der Waals surface area (Å²) in [5.74, 6) is 0.280. The first-order chi connectivity index (χ1) is 9.95. The van der Waals surface area contributed by atoms with Gasteiger partial charge in [0.1, 0.15) is 0 Å². The molecule has 1 amide bonds. The maximum atomic E-state index is 12.8. The van der Waals surface area contributed by atoms with Crippen LogP contribution in [0.4, 0.5) is 0 Å². The van der Waals surface area contributed by atoms with E-state index >= 15 is 0 Å². The summed E-state index contributed by atoms with van der Waals surface area (Å²) in [6.45, 7) is 8.50. The van der Waals surface area contributed by atoms with Crippen LogP contribution in [0.3, 0.4) is 0 Å². The molecule has 1 saturated heterocycles. The van der Waals surface area contributed by atoms with Crippen LogP contribution in [0.25, 0.3) is 0 Å². The van der Waals surface area contributed by atoms with Gasteiger partial charge in [0.15, 0.2) is 0 Å². The van der Waals surface area contributed by atoms with Crippen molar-refractivity contribution >= 4 is 30.7 Å². The van der Waals surface area contributed by atoms with Gasteiger partial charge in [-0.2, -0.15) is 0 Å². The van der Waals surface area contributed by atoms with Gasteiger partial charge in [-0.15, -0.1) is 24.8 Å². The lowest BCUT2D eigenvalue weighted by atomic mass is 9.74. The molecule has 1 saturated carbocycles. The first-order valence-electron chi connectivity index (χ1n) is 8.26. The molecular formula is C16H33Cl2N3O2. The standard InChI is InChI=1S/C16H31N3O2.2ClH/c1-13-12-19(9-8-18(13)10-11-21-3)15(20)14-6-4-5-7-16(14,2)17;;/h13-14H,4-12,17H2,1-3H3;2*1H. The van der Waals surface area contributed by atoms with Gasteiger partial charge in [-0.05, 0) is 26.7 Å². The molecule has 23 heavy (non-hydrogen) atoms.